The lowest BCUT2D eigenvalue weighted by Gasteiger charge is -2.36. The highest BCUT2D eigenvalue weighted by atomic mass is 19.1. The molecule has 3 N–H and O–H groups in total. The number of ether oxygens (including phenoxy) is 1. The van der Waals surface area contributed by atoms with E-state index in [1.54, 1.807) is 0 Å². The van der Waals surface area contributed by atoms with Gasteiger partial charge in [0, 0.05) is 13.5 Å². The molecule has 4 heterocycles. The molecule has 0 saturated carbocycles. The van der Waals surface area contributed by atoms with Gasteiger partial charge in [0.15, 0.2) is 5.69 Å². The van der Waals surface area contributed by atoms with Gasteiger partial charge in [-0.25, -0.2) is 9.37 Å². The van der Waals surface area contributed by atoms with E-state index in [9.17, 15) is 23.9 Å². The summed E-state index contributed by atoms with van der Waals surface area (Å²) in [6.07, 6.45) is 0.839. The second-order valence-corrected chi connectivity index (χ2v) is 7.59. The summed E-state index contributed by atoms with van der Waals surface area (Å²) < 4.78 is 20.1. The molecule has 5 rings (SSSR count). The number of carbonyl (C=O) groups is 2. The fourth-order valence-electron chi connectivity index (χ4n) is 3.94. The molecule has 2 aromatic rings. The van der Waals surface area contributed by atoms with Gasteiger partial charge in [-0.2, -0.15) is 0 Å². The van der Waals surface area contributed by atoms with Crippen molar-refractivity contribution in [1.82, 2.24) is 20.2 Å². The van der Waals surface area contributed by atoms with E-state index in [1.165, 1.54) is 35.8 Å². The van der Waals surface area contributed by atoms with Crippen LogP contribution in [0.15, 0.2) is 29.1 Å². The van der Waals surface area contributed by atoms with Gasteiger partial charge in [0.25, 0.3) is 11.5 Å². The first-order valence-corrected chi connectivity index (χ1v) is 9.56. The number of aromatic hydroxyl groups is 1. The van der Waals surface area contributed by atoms with Gasteiger partial charge in [-0.1, -0.05) is 12.1 Å². The molecule has 0 radical (unpaired) electrons. The molecule has 30 heavy (non-hydrogen) atoms. The van der Waals surface area contributed by atoms with E-state index in [0.717, 1.165) is 0 Å². The van der Waals surface area contributed by atoms with Crippen LogP contribution in [0.2, 0.25) is 0 Å². The van der Waals surface area contributed by atoms with Crippen LogP contribution in [0, 0.1) is 5.82 Å². The Kier molecular flexibility index (Phi) is 5.02. The van der Waals surface area contributed by atoms with Crippen LogP contribution >= 0.6 is 0 Å². The summed E-state index contributed by atoms with van der Waals surface area (Å²) in [6.45, 7) is 1.70. The second kappa shape index (κ2) is 7.52. The zero-order valence-electron chi connectivity index (χ0n) is 16.3. The lowest BCUT2D eigenvalue weighted by molar-refractivity contribution is -0.124. The topological polar surface area (TPSA) is 123 Å². The Balaban J connectivity index is 1.70. The van der Waals surface area contributed by atoms with E-state index in [1.807, 2.05) is 0 Å². The molecule has 3 aliphatic rings. The van der Waals surface area contributed by atoms with Crippen LogP contribution in [0.4, 0.5) is 4.39 Å². The van der Waals surface area contributed by atoms with Crippen molar-refractivity contribution in [2.45, 2.75) is 44.5 Å². The molecule has 3 aliphatic heterocycles. The van der Waals surface area contributed by atoms with Crippen LogP contribution in [0.3, 0.4) is 0 Å². The highest BCUT2D eigenvalue weighted by Crippen LogP contribution is 2.36. The molecule has 1 aromatic carbocycles. The molecule has 2 atom stereocenters. The van der Waals surface area contributed by atoms with Crippen molar-refractivity contribution in [3.05, 3.63) is 57.5 Å². The van der Waals surface area contributed by atoms with Crippen LogP contribution in [-0.2, 0) is 28.2 Å². The van der Waals surface area contributed by atoms with E-state index in [2.05, 4.69) is 15.6 Å². The number of rotatable bonds is 4. The molecule has 2 bridgehead atoms. The van der Waals surface area contributed by atoms with E-state index < -0.39 is 34.3 Å². The van der Waals surface area contributed by atoms with Gasteiger partial charge >= 0.3 is 0 Å². The van der Waals surface area contributed by atoms with Crippen molar-refractivity contribution in [2.24, 2.45) is 0 Å². The van der Waals surface area contributed by atoms with Crippen LogP contribution in [0.5, 0.6) is 5.75 Å². The van der Waals surface area contributed by atoms with Crippen LogP contribution in [-0.4, -0.2) is 39.2 Å². The normalized spacial score (nSPS) is 22.1. The Morgan fingerprint density at radius 3 is 2.73 bits per heavy atom. The Morgan fingerprint density at radius 2 is 2.10 bits per heavy atom. The summed E-state index contributed by atoms with van der Waals surface area (Å²) in [6, 6.07) is 5.55. The van der Waals surface area contributed by atoms with Crippen molar-refractivity contribution in [1.29, 1.82) is 0 Å². The van der Waals surface area contributed by atoms with Crippen LogP contribution < -0.4 is 16.2 Å². The molecular weight excluding hydrogens is 395 g/mol. The molecule has 1 aromatic heterocycles. The quantitative estimate of drug-likeness (QED) is 0.669. The zero-order chi connectivity index (χ0) is 21.5. The smallest absolute Gasteiger partial charge is 0.296 e. The highest BCUT2D eigenvalue weighted by Gasteiger charge is 2.46. The Bertz CT molecular complexity index is 1060. The van der Waals surface area contributed by atoms with Crippen molar-refractivity contribution in [3.63, 3.8) is 0 Å². The number of fused-ring (bicyclic) bond motifs is 2. The summed E-state index contributed by atoms with van der Waals surface area (Å²) >= 11 is 0. The lowest BCUT2D eigenvalue weighted by Crippen LogP contribution is -2.52. The summed E-state index contributed by atoms with van der Waals surface area (Å²) in [7, 11) is 0. The number of hydrogen-bond donors (Lipinski definition) is 3. The first-order valence-electron chi connectivity index (χ1n) is 9.56. The maximum absolute atomic E-state index is 13.0. The fraction of sp³-hybridized carbons (Fsp3) is 0.400. The van der Waals surface area contributed by atoms with Crippen molar-refractivity contribution < 1.29 is 23.8 Å². The third kappa shape index (κ3) is 3.54. The maximum Gasteiger partial charge on any atom is 0.296 e. The molecule has 0 spiro atoms. The third-order valence-electron chi connectivity index (χ3n) is 5.41. The number of amides is 2. The first-order chi connectivity index (χ1) is 14.3. The molecular formula is C20H21FN4O5. The SMILES string of the molecule is CC(=O)NC12CCC(Cn3c1nc(C(=O)NCc1ccc(F)cc1)c(O)c3=O)OC2. The maximum atomic E-state index is 13.0. The highest BCUT2D eigenvalue weighted by molar-refractivity contribution is 5.94. The summed E-state index contributed by atoms with van der Waals surface area (Å²) in [5.74, 6) is -2.06. The van der Waals surface area contributed by atoms with Gasteiger partial charge in [0.2, 0.25) is 11.7 Å². The Morgan fingerprint density at radius 1 is 1.37 bits per heavy atom. The fourth-order valence-corrected chi connectivity index (χ4v) is 3.94. The molecule has 2 unspecified atom stereocenters. The molecule has 0 aliphatic carbocycles. The first kappa shape index (κ1) is 20.0. The molecule has 1 saturated heterocycles. The number of hydrogen-bond acceptors (Lipinski definition) is 6. The average molecular weight is 416 g/mol. The summed E-state index contributed by atoms with van der Waals surface area (Å²) in [4.78, 5) is 41.7. The molecule has 1 fully saturated rings. The minimum absolute atomic E-state index is 0.0562. The number of carbonyl (C=O) groups excluding carboxylic acids is 2. The minimum Gasteiger partial charge on any atom is -0.501 e. The monoisotopic (exact) mass is 416 g/mol. The number of benzene rings is 1. The van der Waals surface area contributed by atoms with Gasteiger partial charge in [0.1, 0.15) is 17.2 Å². The van der Waals surface area contributed by atoms with Gasteiger partial charge in [0.05, 0.1) is 19.3 Å². The van der Waals surface area contributed by atoms with Gasteiger partial charge in [-0.05, 0) is 30.5 Å². The van der Waals surface area contributed by atoms with Crippen LogP contribution in [0.1, 0.15) is 41.6 Å². The summed E-state index contributed by atoms with van der Waals surface area (Å²) in [5.41, 5.74) is -1.61. The molecule has 10 heteroatoms. The van der Waals surface area contributed by atoms with Gasteiger partial charge < -0.3 is 20.5 Å². The zero-order valence-corrected chi connectivity index (χ0v) is 16.3. The van der Waals surface area contributed by atoms with Gasteiger partial charge in [-0.3, -0.25) is 19.0 Å². The number of halogens is 1. The molecule has 9 nitrogen and oxygen atoms in total. The van der Waals surface area contributed by atoms with E-state index in [4.69, 9.17) is 4.74 Å². The molecule has 158 valence electrons. The van der Waals surface area contributed by atoms with Crippen molar-refractivity contribution >= 4 is 11.8 Å². The second-order valence-electron chi connectivity index (χ2n) is 7.59. The largest absolute Gasteiger partial charge is 0.501 e. The standard InChI is InChI=1S/C20H21FN4O5/c1-11(26)24-20-7-6-14(30-10-20)9-25-18(29)16(27)15(23-19(20)25)17(28)22-8-12-2-4-13(21)5-3-12/h2-5,14,27H,6-10H2,1H3,(H,22,28)(H,24,26). The van der Waals surface area contributed by atoms with E-state index in [0.29, 0.717) is 18.4 Å². The molecule has 2 amide bonds. The van der Waals surface area contributed by atoms with E-state index in [-0.39, 0.29) is 37.5 Å². The van der Waals surface area contributed by atoms with Gasteiger partial charge in [-0.15, -0.1) is 0 Å². The Labute approximate surface area is 170 Å². The number of nitrogens with one attached hydrogen (secondary N) is 2. The van der Waals surface area contributed by atoms with Crippen molar-refractivity contribution in [2.75, 3.05) is 6.61 Å². The number of aromatic nitrogens is 2. The van der Waals surface area contributed by atoms with E-state index >= 15 is 0 Å². The Hall–Kier alpha value is -3.27. The minimum atomic E-state index is -1.06. The average Bonchev–Trinajstić information content (AvgIpc) is 2.95. The predicted molar refractivity (Wildman–Crippen MR) is 102 cm³/mol. The predicted octanol–water partition coefficient (Wildman–Crippen LogP) is 0.542. The lowest BCUT2D eigenvalue weighted by atomic mass is 9.90. The summed E-state index contributed by atoms with van der Waals surface area (Å²) in [5, 5.41) is 15.8. The van der Waals surface area contributed by atoms with Crippen LogP contribution in [0.25, 0.3) is 0 Å². The van der Waals surface area contributed by atoms with Crippen molar-refractivity contribution in [3.8, 4) is 5.75 Å². The number of nitrogens with zero attached hydrogens (tertiary/aromatic N) is 2. The third-order valence-corrected chi connectivity index (χ3v) is 5.41.